The van der Waals surface area contributed by atoms with Crippen molar-refractivity contribution in [2.45, 2.75) is 26.8 Å². The van der Waals surface area contributed by atoms with E-state index in [9.17, 15) is 14.9 Å². The predicted octanol–water partition coefficient (Wildman–Crippen LogP) is 3.40. The first kappa shape index (κ1) is 23.8. The van der Waals surface area contributed by atoms with E-state index in [4.69, 9.17) is 9.72 Å². The van der Waals surface area contributed by atoms with E-state index >= 15 is 0 Å². The lowest BCUT2D eigenvalue weighted by atomic mass is 10.2. The third kappa shape index (κ3) is 5.10. The summed E-state index contributed by atoms with van der Waals surface area (Å²) >= 11 is 0. The number of hydrogen-bond donors (Lipinski definition) is 0. The molecule has 0 saturated carbocycles. The molecule has 1 aromatic carbocycles. The van der Waals surface area contributed by atoms with Gasteiger partial charge in [0.2, 0.25) is 0 Å². The molecule has 4 aromatic rings. The molecular formula is C27H25N5O3. The second-order valence-corrected chi connectivity index (χ2v) is 7.93. The molecule has 0 spiro atoms. The molecule has 1 amide bonds. The van der Waals surface area contributed by atoms with Gasteiger partial charge in [-0.25, -0.2) is 4.98 Å². The fourth-order valence-electron chi connectivity index (χ4n) is 3.84. The second-order valence-electron chi connectivity index (χ2n) is 7.93. The standard InChI is InChI=1S/C27H25N5O3/c1-3-35-16-8-15-31-25(29-23(33)13-12-20-10-5-4-6-11-20)21(18-28)17-22-26(31)30-24-19(2)9-7-14-32(24)27(22)34/h4-7,9-14,17H,3,8,15-16H2,1-2H3/b13-12+,29-25?. The van der Waals surface area contributed by atoms with Crippen LogP contribution in [0.5, 0.6) is 0 Å². The highest BCUT2D eigenvalue weighted by Crippen LogP contribution is 2.13. The first-order valence-electron chi connectivity index (χ1n) is 11.4. The van der Waals surface area contributed by atoms with Gasteiger partial charge in [0.1, 0.15) is 17.4 Å². The molecule has 0 bridgehead atoms. The van der Waals surface area contributed by atoms with Crippen molar-refractivity contribution in [2.24, 2.45) is 4.99 Å². The average Bonchev–Trinajstić information content (AvgIpc) is 2.87. The van der Waals surface area contributed by atoms with Gasteiger partial charge in [0.05, 0.1) is 10.9 Å². The number of nitriles is 1. The first-order valence-corrected chi connectivity index (χ1v) is 11.4. The molecule has 0 radical (unpaired) electrons. The third-order valence-corrected chi connectivity index (χ3v) is 5.53. The Morgan fingerprint density at radius 3 is 2.74 bits per heavy atom. The first-order chi connectivity index (χ1) is 17.0. The highest BCUT2D eigenvalue weighted by Gasteiger charge is 2.15. The summed E-state index contributed by atoms with van der Waals surface area (Å²) in [5, 5.41) is 10.2. The third-order valence-electron chi connectivity index (χ3n) is 5.53. The number of amides is 1. The van der Waals surface area contributed by atoms with Crippen molar-refractivity contribution in [3.63, 3.8) is 0 Å². The van der Waals surface area contributed by atoms with Gasteiger partial charge >= 0.3 is 0 Å². The van der Waals surface area contributed by atoms with E-state index < -0.39 is 5.91 Å². The number of nitrogens with zero attached hydrogens (tertiary/aromatic N) is 5. The van der Waals surface area contributed by atoms with Crippen LogP contribution in [-0.4, -0.2) is 33.1 Å². The van der Waals surface area contributed by atoms with E-state index in [0.717, 1.165) is 11.1 Å². The smallest absolute Gasteiger partial charge is 0.271 e. The van der Waals surface area contributed by atoms with Crippen molar-refractivity contribution in [1.82, 2.24) is 14.0 Å². The number of ether oxygens (including phenoxy) is 1. The van der Waals surface area contributed by atoms with E-state index in [-0.39, 0.29) is 22.0 Å². The second kappa shape index (κ2) is 10.7. The SMILES string of the molecule is CCOCCCn1c(=NC(=O)/C=C/c2ccccc2)c(C#N)cc2c(=O)n3cccc(C)c3nc21. The van der Waals surface area contributed by atoms with Crippen LogP contribution in [0, 0.1) is 18.3 Å². The van der Waals surface area contributed by atoms with E-state index in [1.807, 2.05) is 50.2 Å². The van der Waals surface area contributed by atoms with Gasteiger partial charge in [-0.3, -0.25) is 14.0 Å². The minimum absolute atomic E-state index is 0.127. The number of aromatic nitrogens is 3. The lowest BCUT2D eigenvalue weighted by molar-refractivity contribution is -0.113. The number of hydrogen-bond acceptors (Lipinski definition) is 5. The summed E-state index contributed by atoms with van der Waals surface area (Å²) in [5.41, 5.74) is 2.58. The van der Waals surface area contributed by atoms with Gasteiger partial charge in [-0.2, -0.15) is 10.3 Å². The highest BCUT2D eigenvalue weighted by atomic mass is 16.5. The fraction of sp³-hybridized carbons (Fsp3) is 0.222. The van der Waals surface area contributed by atoms with Crippen LogP contribution in [0.4, 0.5) is 0 Å². The summed E-state index contributed by atoms with van der Waals surface area (Å²) < 4.78 is 8.61. The van der Waals surface area contributed by atoms with Gasteiger partial charge in [0, 0.05) is 32.0 Å². The number of carbonyl (C=O) groups is 1. The number of aryl methyl sites for hydroxylation is 2. The Labute approximate surface area is 202 Å². The zero-order chi connectivity index (χ0) is 24.8. The molecule has 4 rings (SSSR count). The van der Waals surface area contributed by atoms with Gasteiger partial charge in [-0.1, -0.05) is 36.4 Å². The Morgan fingerprint density at radius 1 is 1.20 bits per heavy atom. The quantitative estimate of drug-likeness (QED) is 0.236. The minimum atomic E-state index is -0.517. The summed E-state index contributed by atoms with van der Waals surface area (Å²) in [6.45, 7) is 5.21. The summed E-state index contributed by atoms with van der Waals surface area (Å²) in [6, 6.07) is 16.6. The lowest BCUT2D eigenvalue weighted by Crippen LogP contribution is -2.30. The molecule has 3 heterocycles. The van der Waals surface area contributed by atoms with Crippen LogP contribution in [0.1, 0.15) is 30.0 Å². The largest absolute Gasteiger partial charge is 0.382 e. The highest BCUT2D eigenvalue weighted by molar-refractivity contribution is 5.92. The molecular weight excluding hydrogens is 442 g/mol. The summed E-state index contributed by atoms with van der Waals surface area (Å²) in [7, 11) is 0. The van der Waals surface area contributed by atoms with Gasteiger partial charge in [0.15, 0.2) is 5.49 Å². The lowest BCUT2D eigenvalue weighted by Gasteiger charge is -2.14. The Hall–Kier alpha value is -4.35. The Kier molecular flexibility index (Phi) is 7.29. The van der Waals surface area contributed by atoms with Crippen LogP contribution < -0.4 is 11.0 Å². The number of pyridine rings is 2. The maximum atomic E-state index is 13.3. The molecule has 0 N–H and O–H groups in total. The maximum Gasteiger partial charge on any atom is 0.271 e. The van der Waals surface area contributed by atoms with Gasteiger partial charge < -0.3 is 9.30 Å². The van der Waals surface area contributed by atoms with Crippen molar-refractivity contribution in [3.8, 4) is 6.07 Å². The molecule has 0 fully saturated rings. The molecule has 0 atom stereocenters. The van der Waals surface area contributed by atoms with Gasteiger partial charge in [-0.15, -0.1) is 0 Å². The van der Waals surface area contributed by atoms with Crippen molar-refractivity contribution < 1.29 is 9.53 Å². The number of carbonyl (C=O) groups excluding carboxylic acids is 1. The van der Waals surface area contributed by atoms with Gasteiger partial charge in [-0.05, 0) is 49.6 Å². The number of benzene rings is 1. The molecule has 0 saturated heterocycles. The molecule has 35 heavy (non-hydrogen) atoms. The van der Waals surface area contributed by atoms with Crippen LogP contribution >= 0.6 is 0 Å². The Morgan fingerprint density at radius 2 is 2.00 bits per heavy atom. The molecule has 3 aromatic heterocycles. The van der Waals surface area contributed by atoms with Crippen LogP contribution in [-0.2, 0) is 16.1 Å². The van der Waals surface area contributed by atoms with Crippen LogP contribution in [0.2, 0.25) is 0 Å². The molecule has 8 nitrogen and oxygen atoms in total. The molecule has 0 aliphatic carbocycles. The normalized spacial score (nSPS) is 12.0. The monoisotopic (exact) mass is 467 g/mol. The van der Waals surface area contributed by atoms with Crippen molar-refractivity contribution in [1.29, 1.82) is 5.26 Å². The molecule has 8 heteroatoms. The Bertz CT molecular complexity index is 1590. The molecule has 176 valence electrons. The van der Waals surface area contributed by atoms with E-state index in [1.54, 1.807) is 22.9 Å². The predicted molar refractivity (Wildman–Crippen MR) is 134 cm³/mol. The van der Waals surface area contributed by atoms with Gasteiger partial charge in [0.25, 0.3) is 11.5 Å². The number of rotatable bonds is 7. The minimum Gasteiger partial charge on any atom is -0.382 e. The van der Waals surface area contributed by atoms with Crippen LogP contribution in [0.25, 0.3) is 22.8 Å². The Balaban J connectivity index is 1.94. The van der Waals surface area contributed by atoms with Crippen molar-refractivity contribution >= 4 is 28.7 Å². The van der Waals surface area contributed by atoms with Crippen molar-refractivity contribution in [3.05, 3.63) is 93.3 Å². The summed E-state index contributed by atoms with van der Waals surface area (Å²) in [5.74, 6) is -0.517. The number of fused-ring (bicyclic) bond motifs is 2. The van der Waals surface area contributed by atoms with E-state index in [0.29, 0.717) is 37.5 Å². The summed E-state index contributed by atoms with van der Waals surface area (Å²) in [4.78, 5) is 35.1. The zero-order valence-electron chi connectivity index (χ0n) is 19.6. The summed E-state index contributed by atoms with van der Waals surface area (Å²) in [6.07, 6.45) is 5.27. The molecule has 0 aliphatic rings. The fourth-order valence-corrected chi connectivity index (χ4v) is 3.84. The molecule has 0 unspecified atom stereocenters. The topological polar surface area (TPSA) is 102 Å². The average molecular weight is 468 g/mol. The van der Waals surface area contributed by atoms with Crippen LogP contribution in [0.15, 0.2) is 70.6 Å². The van der Waals surface area contributed by atoms with Crippen molar-refractivity contribution in [2.75, 3.05) is 13.2 Å². The van der Waals surface area contributed by atoms with E-state index in [1.165, 1.54) is 16.5 Å². The van der Waals surface area contributed by atoms with E-state index in [2.05, 4.69) is 11.1 Å². The van der Waals surface area contributed by atoms with Crippen LogP contribution in [0.3, 0.4) is 0 Å². The zero-order valence-corrected chi connectivity index (χ0v) is 19.6. The molecule has 0 aliphatic heterocycles. The maximum absolute atomic E-state index is 13.3.